The minimum Gasteiger partial charge on any atom is -0.495 e. The van der Waals surface area contributed by atoms with Crippen molar-refractivity contribution >= 4 is 68.0 Å². The number of hydrogen-bond acceptors (Lipinski definition) is 4. The Morgan fingerprint density at radius 3 is 2.22 bits per heavy atom. The number of halogens is 4. The zero-order valence-electron chi connectivity index (χ0n) is 14.0. The molecule has 6 nitrogen and oxygen atoms in total. The van der Waals surface area contributed by atoms with E-state index in [1.54, 1.807) is 0 Å². The number of carbonyl (C=O) groups is 1. The number of hydrogen-bond donors (Lipinski definition) is 2. The quantitative estimate of drug-likeness (QED) is 0.602. The molecule has 2 aromatic carbocycles. The summed E-state index contributed by atoms with van der Waals surface area (Å²) in [6, 6.07) is 5.58. The number of amides is 1. The molecule has 0 fully saturated rings. The highest BCUT2D eigenvalue weighted by Gasteiger charge is 2.23. The first-order valence-electron chi connectivity index (χ1n) is 7.36. The van der Waals surface area contributed by atoms with Gasteiger partial charge in [0.1, 0.15) is 5.75 Å². The molecular formula is C16H14Cl4N2O4S. The van der Waals surface area contributed by atoms with Crippen LogP contribution in [0.5, 0.6) is 5.75 Å². The molecule has 0 radical (unpaired) electrons. The second-order valence-corrected chi connectivity index (χ2v) is 8.72. The molecule has 0 saturated carbocycles. The Balaban J connectivity index is 2.15. The smallest absolute Gasteiger partial charge is 0.242 e. The number of carbonyl (C=O) groups excluding carboxylic acids is 1. The van der Waals surface area contributed by atoms with Crippen molar-refractivity contribution in [3.05, 3.63) is 50.4 Å². The number of anilines is 1. The van der Waals surface area contributed by atoms with Crippen molar-refractivity contribution in [2.75, 3.05) is 12.4 Å². The van der Waals surface area contributed by atoms with E-state index in [-0.39, 0.29) is 30.7 Å². The van der Waals surface area contributed by atoms with Gasteiger partial charge in [-0.05, 0) is 37.3 Å². The highest BCUT2D eigenvalue weighted by atomic mass is 35.5. The third-order valence-electron chi connectivity index (χ3n) is 3.43. The Bertz CT molecular complexity index is 983. The van der Waals surface area contributed by atoms with Gasteiger partial charge in [-0.1, -0.05) is 46.4 Å². The fraction of sp³-hybridized carbons (Fsp3) is 0.188. The highest BCUT2D eigenvalue weighted by Crippen LogP contribution is 2.32. The number of nitrogens with one attached hydrogen (secondary N) is 2. The molecule has 0 aliphatic carbocycles. The normalized spacial score (nSPS) is 12.5. The maximum atomic E-state index is 12.5. The summed E-state index contributed by atoms with van der Waals surface area (Å²) in [5.41, 5.74) is 0.203. The van der Waals surface area contributed by atoms with Crippen molar-refractivity contribution in [3.8, 4) is 5.75 Å². The molecule has 0 aromatic heterocycles. The predicted molar refractivity (Wildman–Crippen MR) is 108 cm³/mol. The Labute approximate surface area is 176 Å². The maximum absolute atomic E-state index is 12.5. The van der Waals surface area contributed by atoms with Gasteiger partial charge >= 0.3 is 0 Å². The van der Waals surface area contributed by atoms with Crippen LogP contribution in [0.4, 0.5) is 5.69 Å². The zero-order chi connectivity index (χ0) is 20.4. The van der Waals surface area contributed by atoms with E-state index in [0.29, 0.717) is 5.75 Å². The topological polar surface area (TPSA) is 84.5 Å². The van der Waals surface area contributed by atoms with E-state index in [0.717, 1.165) is 0 Å². The number of rotatable bonds is 6. The van der Waals surface area contributed by atoms with Gasteiger partial charge in [-0.3, -0.25) is 4.79 Å². The zero-order valence-corrected chi connectivity index (χ0v) is 17.9. The molecule has 0 heterocycles. The number of ether oxygens (including phenoxy) is 1. The van der Waals surface area contributed by atoms with Gasteiger partial charge in [-0.15, -0.1) is 0 Å². The van der Waals surface area contributed by atoms with E-state index in [2.05, 4.69) is 10.0 Å². The summed E-state index contributed by atoms with van der Waals surface area (Å²) in [5.74, 6) is -0.311. The molecule has 1 atom stereocenters. The van der Waals surface area contributed by atoms with Crippen molar-refractivity contribution < 1.29 is 17.9 Å². The largest absolute Gasteiger partial charge is 0.495 e. The van der Waals surface area contributed by atoms with Gasteiger partial charge in [0.05, 0.1) is 43.8 Å². The molecule has 27 heavy (non-hydrogen) atoms. The Kier molecular flexibility index (Phi) is 7.24. The molecule has 2 N–H and O–H groups in total. The Morgan fingerprint density at radius 1 is 1.00 bits per heavy atom. The monoisotopic (exact) mass is 470 g/mol. The fourth-order valence-electron chi connectivity index (χ4n) is 2.03. The first-order chi connectivity index (χ1) is 12.5. The highest BCUT2D eigenvalue weighted by molar-refractivity contribution is 7.89. The van der Waals surface area contributed by atoms with Gasteiger partial charge in [-0.2, -0.15) is 4.72 Å². The Morgan fingerprint density at radius 2 is 1.63 bits per heavy atom. The minimum absolute atomic E-state index is 0.111. The van der Waals surface area contributed by atoms with Gasteiger partial charge in [0.15, 0.2) is 0 Å². The SMILES string of the molecule is COc1ccc(S(=O)(=O)N[C@H](C)C(=O)Nc2cc(Cl)c(Cl)cc2Cl)cc1Cl. The summed E-state index contributed by atoms with van der Waals surface area (Å²) in [6.07, 6.45) is 0. The molecule has 0 aliphatic heterocycles. The molecule has 1 amide bonds. The number of sulfonamides is 1. The summed E-state index contributed by atoms with van der Waals surface area (Å²) in [5, 5.41) is 3.20. The molecule has 146 valence electrons. The summed E-state index contributed by atoms with van der Waals surface area (Å²) in [7, 11) is -2.59. The predicted octanol–water partition coefficient (Wildman–Crippen LogP) is 4.61. The van der Waals surface area contributed by atoms with Crippen molar-refractivity contribution in [1.29, 1.82) is 0 Å². The van der Waals surface area contributed by atoms with Crippen LogP contribution in [0.2, 0.25) is 20.1 Å². The first kappa shape index (κ1) is 22.1. The van der Waals surface area contributed by atoms with Crippen molar-refractivity contribution in [1.82, 2.24) is 4.72 Å². The lowest BCUT2D eigenvalue weighted by Crippen LogP contribution is -2.41. The molecule has 2 rings (SSSR count). The van der Waals surface area contributed by atoms with Crippen LogP contribution in [0.25, 0.3) is 0 Å². The third-order valence-corrected chi connectivity index (χ3v) is 6.30. The van der Waals surface area contributed by atoms with Gasteiger partial charge < -0.3 is 10.1 Å². The third kappa shape index (κ3) is 5.40. The lowest BCUT2D eigenvalue weighted by molar-refractivity contribution is -0.117. The van der Waals surface area contributed by atoms with Crippen LogP contribution < -0.4 is 14.8 Å². The van der Waals surface area contributed by atoms with Gasteiger partial charge in [0, 0.05) is 0 Å². The van der Waals surface area contributed by atoms with E-state index < -0.39 is 22.0 Å². The molecule has 2 aromatic rings. The van der Waals surface area contributed by atoms with Crippen LogP contribution in [0.15, 0.2) is 35.2 Å². The molecule has 0 saturated heterocycles. The fourth-order valence-corrected chi connectivity index (χ4v) is 4.17. The van der Waals surface area contributed by atoms with E-state index in [1.165, 1.54) is 44.4 Å². The minimum atomic E-state index is -4.00. The van der Waals surface area contributed by atoms with E-state index in [4.69, 9.17) is 51.1 Å². The maximum Gasteiger partial charge on any atom is 0.242 e. The van der Waals surface area contributed by atoms with E-state index >= 15 is 0 Å². The number of benzene rings is 2. The van der Waals surface area contributed by atoms with Crippen LogP contribution in [-0.4, -0.2) is 27.5 Å². The number of methoxy groups -OCH3 is 1. The lowest BCUT2D eigenvalue weighted by Gasteiger charge is -2.16. The van der Waals surface area contributed by atoms with Gasteiger partial charge in [-0.25, -0.2) is 8.42 Å². The summed E-state index contributed by atoms with van der Waals surface area (Å²) in [4.78, 5) is 12.2. The summed E-state index contributed by atoms with van der Waals surface area (Å²) in [6.45, 7) is 1.38. The van der Waals surface area contributed by atoms with Crippen LogP contribution in [-0.2, 0) is 14.8 Å². The average molecular weight is 472 g/mol. The van der Waals surface area contributed by atoms with Crippen LogP contribution in [0.1, 0.15) is 6.92 Å². The molecule has 0 spiro atoms. The van der Waals surface area contributed by atoms with E-state index in [1.807, 2.05) is 0 Å². The standard InChI is InChI=1S/C16H14Cl4N2O4S/c1-8(16(23)21-14-7-11(18)10(17)6-12(14)19)22-27(24,25)9-3-4-15(26-2)13(20)5-9/h3-8,22H,1-2H3,(H,21,23)/t8-/m1/s1. The van der Waals surface area contributed by atoms with Crippen molar-refractivity contribution in [2.45, 2.75) is 17.9 Å². The molecule has 0 bridgehead atoms. The average Bonchev–Trinajstić information content (AvgIpc) is 2.59. The van der Waals surface area contributed by atoms with Gasteiger partial charge in [0.25, 0.3) is 0 Å². The molecule has 0 aliphatic rings. The molecule has 11 heteroatoms. The Hall–Kier alpha value is -1.22. The molecule has 0 unspecified atom stereocenters. The second-order valence-electron chi connectivity index (χ2n) is 5.37. The summed E-state index contributed by atoms with van der Waals surface area (Å²) < 4.78 is 32.2. The van der Waals surface area contributed by atoms with E-state index in [9.17, 15) is 13.2 Å². The van der Waals surface area contributed by atoms with Crippen molar-refractivity contribution in [2.24, 2.45) is 0 Å². The van der Waals surface area contributed by atoms with Crippen LogP contribution in [0.3, 0.4) is 0 Å². The van der Waals surface area contributed by atoms with Gasteiger partial charge in [0.2, 0.25) is 15.9 Å². The molecular weight excluding hydrogens is 458 g/mol. The van der Waals surface area contributed by atoms with Crippen molar-refractivity contribution in [3.63, 3.8) is 0 Å². The van der Waals surface area contributed by atoms with Crippen LogP contribution >= 0.6 is 46.4 Å². The first-order valence-corrected chi connectivity index (χ1v) is 10.4. The second kappa shape index (κ2) is 8.86. The lowest BCUT2D eigenvalue weighted by atomic mass is 10.3. The van der Waals surface area contributed by atoms with Crippen LogP contribution in [0, 0.1) is 0 Å². The summed E-state index contributed by atoms with van der Waals surface area (Å²) >= 11 is 23.7.